The molecule has 0 aromatic heterocycles. The Labute approximate surface area is 105 Å². The average Bonchev–Trinajstić information content (AvgIpc) is 1.95. The molecule has 0 aliphatic carbocycles. The van der Waals surface area contributed by atoms with E-state index < -0.39 is 7.60 Å². The van der Waals surface area contributed by atoms with Crippen LogP contribution in [0.25, 0.3) is 0 Å². The molecule has 0 spiro atoms. The summed E-state index contributed by atoms with van der Waals surface area (Å²) in [6.07, 6.45) is -0.146. The number of rotatable bonds is 8. The monoisotopic (exact) mass is 264 g/mol. The van der Waals surface area contributed by atoms with Crippen LogP contribution in [0, 0.1) is 5.92 Å². The minimum absolute atomic E-state index is 0.0652. The molecule has 0 fully saturated rings. The normalized spacial score (nSPS) is 12.8. The Morgan fingerprint density at radius 3 is 1.71 bits per heavy atom. The van der Waals surface area contributed by atoms with Crippen molar-refractivity contribution in [1.82, 2.24) is 0 Å². The van der Waals surface area contributed by atoms with Crippen LogP contribution in [0.2, 0.25) is 0 Å². The third-order valence-electron chi connectivity index (χ3n) is 1.75. The second-order valence-electron chi connectivity index (χ2n) is 5.21. The number of Topliss-reactive ketones (excluding diaryl/α,β-unsaturated/α-hetero) is 1. The van der Waals surface area contributed by atoms with Gasteiger partial charge in [-0.1, -0.05) is 13.8 Å². The lowest BCUT2D eigenvalue weighted by atomic mass is 10.1. The lowest BCUT2D eigenvalue weighted by Gasteiger charge is -2.22. The van der Waals surface area contributed by atoms with E-state index in [1.165, 1.54) is 0 Å². The van der Waals surface area contributed by atoms with Gasteiger partial charge >= 0.3 is 7.60 Å². The van der Waals surface area contributed by atoms with Crippen LogP contribution in [0.1, 0.15) is 48.0 Å². The SMILES string of the molecule is CC(C)CC(=O)CP(=O)(OC(C)C)OC(C)C. The lowest BCUT2D eigenvalue weighted by Crippen LogP contribution is -2.16. The molecule has 0 aliphatic rings. The maximum atomic E-state index is 12.4. The van der Waals surface area contributed by atoms with Gasteiger partial charge in [0.1, 0.15) is 11.9 Å². The smallest absolute Gasteiger partial charge is 0.306 e. The maximum Gasteiger partial charge on any atom is 0.338 e. The molecule has 0 rings (SSSR count). The van der Waals surface area contributed by atoms with E-state index in [9.17, 15) is 9.36 Å². The summed E-state index contributed by atoms with van der Waals surface area (Å²) in [6, 6.07) is 0. The number of hydrogen-bond acceptors (Lipinski definition) is 4. The van der Waals surface area contributed by atoms with Gasteiger partial charge in [-0.2, -0.15) is 0 Å². The zero-order valence-corrected chi connectivity index (χ0v) is 12.6. The molecule has 17 heavy (non-hydrogen) atoms. The minimum Gasteiger partial charge on any atom is -0.306 e. The molecule has 0 aromatic carbocycles. The molecule has 0 atom stereocenters. The molecule has 0 radical (unpaired) electrons. The maximum absolute atomic E-state index is 12.4. The molecule has 0 aliphatic heterocycles. The zero-order chi connectivity index (χ0) is 13.6. The van der Waals surface area contributed by atoms with Crippen LogP contribution in [0.4, 0.5) is 0 Å². The summed E-state index contributed by atoms with van der Waals surface area (Å²) in [5, 5.41) is 0. The van der Waals surface area contributed by atoms with Crippen LogP contribution >= 0.6 is 7.60 Å². The van der Waals surface area contributed by atoms with Gasteiger partial charge in [-0.3, -0.25) is 9.36 Å². The average molecular weight is 264 g/mol. The molecule has 0 aromatic rings. The van der Waals surface area contributed by atoms with Gasteiger partial charge in [-0.25, -0.2) is 0 Å². The van der Waals surface area contributed by atoms with Crippen LogP contribution in [0.5, 0.6) is 0 Å². The van der Waals surface area contributed by atoms with E-state index in [-0.39, 0.29) is 30.1 Å². The van der Waals surface area contributed by atoms with E-state index in [0.717, 1.165) is 0 Å². The summed E-state index contributed by atoms with van der Waals surface area (Å²) in [4.78, 5) is 11.7. The van der Waals surface area contributed by atoms with Crippen molar-refractivity contribution in [1.29, 1.82) is 0 Å². The van der Waals surface area contributed by atoms with Gasteiger partial charge in [0, 0.05) is 6.42 Å². The van der Waals surface area contributed by atoms with Gasteiger partial charge in [0.05, 0.1) is 12.2 Å². The van der Waals surface area contributed by atoms with Gasteiger partial charge in [0.15, 0.2) is 0 Å². The highest BCUT2D eigenvalue weighted by atomic mass is 31.2. The number of hydrogen-bond donors (Lipinski definition) is 0. The first kappa shape index (κ1) is 16.8. The summed E-state index contributed by atoms with van der Waals surface area (Å²) in [6.45, 7) is 11.0. The third kappa shape index (κ3) is 8.53. The number of carbonyl (C=O) groups is 1. The second kappa shape index (κ2) is 7.30. The van der Waals surface area contributed by atoms with Gasteiger partial charge < -0.3 is 9.05 Å². The first-order valence-corrected chi connectivity index (χ1v) is 7.85. The molecule has 5 heteroatoms. The van der Waals surface area contributed by atoms with Crippen LogP contribution in [0.3, 0.4) is 0 Å². The van der Waals surface area contributed by atoms with Gasteiger partial charge in [-0.15, -0.1) is 0 Å². The fraction of sp³-hybridized carbons (Fsp3) is 0.917. The highest BCUT2D eigenvalue weighted by Gasteiger charge is 2.30. The van der Waals surface area contributed by atoms with Crippen molar-refractivity contribution in [3.05, 3.63) is 0 Å². The van der Waals surface area contributed by atoms with E-state index in [1.807, 2.05) is 13.8 Å². The first-order chi connectivity index (χ1) is 7.64. The molecule has 4 nitrogen and oxygen atoms in total. The van der Waals surface area contributed by atoms with Crippen LogP contribution in [-0.2, 0) is 18.4 Å². The molecule has 102 valence electrons. The van der Waals surface area contributed by atoms with Gasteiger partial charge in [0.25, 0.3) is 0 Å². The lowest BCUT2D eigenvalue weighted by molar-refractivity contribution is -0.117. The van der Waals surface area contributed by atoms with Crippen molar-refractivity contribution < 1.29 is 18.4 Å². The molecule has 0 N–H and O–H groups in total. The molecule has 0 saturated heterocycles. The minimum atomic E-state index is -3.29. The highest BCUT2D eigenvalue weighted by Crippen LogP contribution is 2.50. The Bertz CT molecular complexity index is 270. The van der Waals surface area contributed by atoms with E-state index in [0.29, 0.717) is 6.42 Å². The predicted molar refractivity (Wildman–Crippen MR) is 69.4 cm³/mol. The summed E-state index contributed by atoms with van der Waals surface area (Å²) in [7, 11) is -3.29. The molecule has 0 saturated carbocycles. The molecule has 0 heterocycles. The predicted octanol–water partition coefficient (Wildman–Crippen LogP) is 3.64. The summed E-state index contributed by atoms with van der Waals surface area (Å²) >= 11 is 0. The van der Waals surface area contributed by atoms with Crippen molar-refractivity contribution in [2.24, 2.45) is 5.92 Å². The van der Waals surface area contributed by atoms with Crippen molar-refractivity contribution in [3.8, 4) is 0 Å². The van der Waals surface area contributed by atoms with E-state index >= 15 is 0 Å². The summed E-state index contributed by atoms with van der Waals surface area (Å²) in [5.41, 5.74) is 0. The molecule has 0 unspecified atom stereocenters. The van der Waals surface area contributed by atoms with Crippen LogP contribution in [-0.4, -0.2) is 24.2 Å². The standard InChI is InChI=1S/C12H25O4P/c1-9(2)7-12(13)8-17(14,15-10(3)4)16-11(5)6/h9-11H,7-8H2,1-6H3. The van der Waals surface area contributed by atoms with E-state index in [2.05, 4.69) is 0 Å². The Morgan fingerprint density at radius 2 is 1.41 bits per heavy atom. The quantitative estimate of drug-likeness (QED) is 0.628. The fourth-order valence-corrected chi connectivity index (χ4v) is 3.52. The molecule has 0 amide bonds. The van der Waals surface area contributed by atoms with Crippen molar-refractivity contribution >= 4 is 13.4 Å². The molecule has 0 bridgehead atoms. The van der Waals surface area contributed by atoms with Gasteiger partial charge in [-0.05, 0) is 33.6 Å². The zero-order valence-electron chi connectivity index (χ0n) is 11.7. The Kier molecular flexibility index (Phi) is 7.22. The molecular formula is C12H25O4P. The van der Waals surface area contributed by atoms with E-state index in [4.69, 9.17) is 9.05 Å². The molecular weight excluding hydrogens is 239 g/mol. The highest BCUT2D eigenvalue weighted by molar-refractivity contribution is 7.54. The number of carbonyl (C=O) groups excluding carboxylic acids is 1. The largest absolute Gasteiger partial charge is 0.338 e. The van der Waals surface area contributed by atoms with E-state index in [1.54, 1.807) is 27.7 Å². The van der Waals surface area contributed by atoms with Crippen LogP contribution in [0.15, 0.2) is 0 Å². The van der Waals surface area contributed by atoms with Crippen molar-refractivity contribution in [2.75, 3.05) is 6.16 Å². The topological polar surface area (TPSA) is 52.6 Å². The Balaban J connectivity index is 4.58. The Hall–Kier alpha value is -0.180. The van der Waals surface area contributed by atoms with Crippen molar-refractivity contribution in [3.63, 3.8) is 0 Å². The summed E-state index contributed by atoms with van der Waals surface area (Å²) < 4.78 is 23.0. The van der Waals surface area contributed by atoms with Gasteiger partial charge in [0.2, 0.25) is 0 Å². The second-order valence-corrected chi connectivity index (χ2v) is 7.17. The number of ketones is 1. The Morgan fingerprint density at radius 1 is 1.00 bits per heavy atom. The van der Waals surface area contributed by atoms with Crippen molar-refractivity contribution in [2.45, 2.75) is 60.2 Å². The first-order valence-electron chi connectivity index (χ1n) is 6.12. The summed E-state index contributed by atoms with van der Waals surface area (Å²) in [5.74, 6) is 0.193. The third-order valence-corrected chi connectivity index (χ3v) is 3.97. The van der Waals surface area contributed by atoms with Crippen LogP contribution < -0.4 is 0 Å². The fourth-order valence-electron chi connectivity index (χ4n) is 1.48.